The van der Waals surface area contributed by atoms with E-state index in [1.165, 1.54) is 7.11 Å². The Morgan fingerprint density at radius 2 is 1.68 bits per heavy atom. The summed E-state index contributed by atoms with van der Waals surface area (Å²) in [5, 5.41) is 0. The number of nitrogens with zero attached hydrogens (tertiary/aromatic N) is 3. The van der Waals surface area contributed by atoms with E-state index in [4.69, 9.17) is 4.74 Å². The zero-order valence-electron chi connectivity index (χ0n) is 16.1. The highest BCUT2D eigenvalue weighted by molar-refractivity contribution is 5.94. The van der Waals surface area contributed by atoms with E-state index in [1.54, 1.807) is 6.07 Å². The van der Waals surface area contributed by atoms with E-state index in [0.717, 1.165) is 37.2 Å². The fourth-order valence-corrected chi connectivity index (χ4v) is 4.02. The first kappa shape index (κ1) is 18.3. The molecule has 1 aromatic heterocycles. The molecule has 28 heavy (non-hydrogen) atoms. The van der Waals surface area contributed by atoms with E-state index >= 15 is 0 Å². The van der Waals surface area contributed by atoms with Crippen LogP contribution in [0.1, 0.15) is 39.7 Å². The van der Waals surface area contributed by atoms with Gasteiger partial charge >= 0.3 is 5.97 Å². The van der Waals surface area contributed by atoms with E-state index in [-0.39, 0.29) is 17.9 Å². The van der Waals surface area contributed by atoms with Gasteiger partial charge in [0.15, 0.2) is 0 Å². The Labute approximate surface area is 165 Å². The van der Waals surface area contributed by atoms with Crippen molar-refractivity contribution in [3.05, 3.63) is 66.0 Å². The van der Waals surface area contributed by atoms with Crippen molar-refractivity contribution in [2.75, 3.05) is 38.2 Å². The van der Waals surface area contributed by atoms with Gasteiger partial charge in [0.1, 0.15) is 5.69 Å². The lowest BCUT2D eigenvalue weighted by molar-refractivity contribution is 0.0573. The van der Waals surface area contributed by atoms with Crippen LogP contribution in [0.5, 0.6) is 0 Å². The van der Waals surface area contributed by atoms with Crippen LogP contribution in [-0.2, 0) is 4.74 Å². The standard InChI is InChI=1S/C22H25N3O3/c1-28-22(27)20-5-4-14-25(20)19-10-15-24(16-11-19)21(26)17-6-8-18(9-7-17)23-12-2-3-13-23/h2-9,14,19H,10-13,15-16H2,1H3. The first-order valence-electron chi connectivity index (χ1n) is 9.72. The Hall–Kier alpha value is -3.02. The number of anilines is 1. The molecule has 2 aromatic rings. The Morgan fingerprint density at radius 1 is 1.00 bits per heavy atom. The fourth-order valence-electron chi connectivity index (χ4n) is 4.02. The second-order valence-electron chi connectivity index (χ2n) is 7.24. The number of carbonyl (C=O) groups is 2. The van der Waals surface area contributed by atoms with Crippen LogP contribution >= 0.6 is 0 Å². The van der Waals surface area contributed by atoms with E-state index in [0.29, 0.717) is 18.8 Å². The van der Waals surface area contributed by atoms with Crippen LogP contribution in [0.15, 0.2) is 54.7 Å². The molecular formula is C22H25N3O3. The number of aromatic nitrogens is 1. The van der Waals surface area contributed by atoms with Crippen LogP contribution in [-0.4, -0.2) is 54.6 Å². The average molecular weight is 379 g/mol. The molecule has 1 fully saturated rings. The minimum absolute atomic E-state index is 0.0743. The first-order valence-corrected chi connectivity index (χ1v) is 9.72. The third-order valence-electron chi connectivity index (χ3n) is 5.62. The highest BCUT2D eigenvalue weighted by atomic mass is 16.5. The van der Waals surface area contributed by atoms with E-state index in [1.807, 2.05) is 46.0 Å². The van der Waals surface area contributed by atoms with Crippen LogP contribution in [0.25, 0.3) is 0 Å². The Balaban J connectivity index is 1.38. The summed E-state index contributed by atoms with van der Waals surface area (Å²) in [5.74, 6) is -0.248. The van der Waals surface area contributed by atoms with Gasteiger partial charge in [-0.3, -0.25) is 4.79 Å². The summed E-state index contributed by atoms with van der Waals surface area (Å²) in [7, 11) is 1.40. The van der Waals surface area contributed by atoms with Gasteiger partial charge in [0.05, 0.1) is 7.11 Å². The molecule has 0 atom stereocenters. The van der Waals surface area contributed by atoms with Crippen molar-refractivity contribution >= 4 is 17.6 Å². The predicted molar refractivity (Wildman–Crippen MR) is 108 cm³/mol. The number of benzene rings is 1. The van der Waals surface area contributed by atoms with Crippen molar-refractivity contribution in [1.82, 2.24) is 9.47 Å². The number of esters is 1. The Kier molecular flexibility index (Phi) is 5.19. The maximum absolute atomic E-state index is 12.9. The molecule has 6 nitrogen and oxygen atoms in total. The number of likely N-dealkylation sites (tertiary alicyclic amines) is 1. The number of amides is 1. The van der Waals surface area contributed by atoms with Crippen LogP contribution in [0.2, 0.25) is 0 Å². The minimum atomic E-state index is -0.322. The summed E-state index contributed by atoms with van der Waals surface area (Å²) in [6, 6.07) is 11.7. The van der Waals surface area contributed by atoms with Crippen LogP contribution in [0.4, 0.5) is 5.69 Å². The second kappa shape index (κ2) is 7.92. The van der Waals surface area contributed by atoms with Crippen molar-refractivity contribution in [1.29, 1.82) is 0 Å². The predicted octanol–water partition coefficient (Wildman–Crippen LogP) is 3.13. The first-order chi connectivity index (χ1) is 13.7. The van der Waals surface area contributed by atoms with Crippen molar-refractivity contribution in [3.8, 4) is 0 Å². The molecule has 4 rings (SSSR count). The van der Waals surface area contributed by atoms with E-state index in [9.17, 15) is 9.59 Å². The third-order valence-corrected chi connectivity index (χ3v) is 5.62. The summed E-state index contributed by atoms with van der Waals surface area (Å²) in [5.41, 5.74) is 2.44. The molecule has 2 aliphatic rings. The smallest absolute Gasteiger partial charge is 0.354 e. The molecule has 0 radical (unpaired) electrons. The van der Waals surface area contributed by atoms with E-state index in [2.05, 4.69) is 17.1 Å². The number of hydrogen-bond donors (Lipinski definition) is 0. The molecule has 1 aromatic carbocycles. The molecule has 6 heteroatoms. The number of ether oxygens (including phenoxy) is 1. The largest absolute Gasteiger partial charge is 0.464 e. The van der Waals surface area contributed by atoms with Gasteiger partial charge in [-0.15, -0.1) is 0 Å². The molecule has 3 heterocycles. The molecular weight excluding hydrogens is 354 g/mol. The topological polar surface area (TPSA) is 54.8 Å². The van der Waals surface area contributed by atoms with E-state index < -0.39 is 0 Å². The average Bonchev–Trinajstić information content (AvgIpc) is 3.45. The number of methoxy groups -OCH3 is 1. The lowest BCUT2D eigenvalue weighted by atomic mass is 10.0. The van der Waals surface area contributed by atoms with Crippen LogP contribution in [0.3, 0.4) is 0 Å². The molecule has 2 aliphatic heterocycles. The quantitative estimate of drug-likeness (QED) is 0.605. The zero-order chi connectivity index (χ0) is 19.5. The molecule has 0 bridgehead atoms. The highest BCUT2D eigenvalue weighted by Crippen LogP contribution is 2.26. The van der Waals surface area contributed by atoms with Crippen molar-refractivity contribution < 1.29 is 14.3 Å². The van der Waals surface area contributed by atoms with Gasteiger partial charge in [-0.25, -0.2) is 4.79 Å². The number of rotatable bonds is 4. The third kappa shape index (κ3) is 3.54. The van der Waals surface area contributed by atoms with Gasteiger partial charge < -0.3 is 19.1 Å². The van der Waals surface area contributed by atoms with Gasteiger partial charge in [-0.2, -0.15) is 0 Å². The molecule has 0 N–H and O–H groups in total. The maximum atomic E-state index is 12.9. The van der Waals surface area contributed by atoms with Gasteiger partial charge in [0, 0.05) is 49.7 Å². The molecule has 0 aliphatic carbocycles. The monoisotopic (exact) mass is 379 g/mol. The van der Waals surface area contributed by atoms with Crippen LogP contribution in [0, 0.1) is 0 Å². The second-order valence-corrected chi connectivity index (χ2v) is 7.24. The summed E-state index contributed by atoms with van der Waals surface area (Å²) >= 11 is 0. The van der Waals surface area contributed by atoms with Gasteiger partial charge in [-0.1, -0.05) is 12.2 Å². The Bertz CT molecular complexity index is 869. The summed E-state index contributed by atoms with van der Waals surface area (Å²) in [6.45, 7) is 3.21. The van der Waals surface area contributed by atoms with Gasteiger partial charge in [0.25, 0.3) is 5.91 Å². The molecule has 146 valence electrons. The Morgan fingerprint density at radius 3 is 2.32 bits per heavy atom. The highest BCUT2D eigenvalue weighted by Gasteiger charge is 2.26. The molecule has 0 saturated carbocycles. The van der Waals surface area contributed by atoms with Crippen molar-refractivity contribution in [3.63, 3.8) is 0 Å². The van der Waals surface area contributed by atoms with Crippen molar-refractivity contribution in [2.45, 2.75) is 18.9 Å². The lowest BCUT2D eigenvalue weighted by Gasteiger charge is -2.33. The summed E-state index contributed by atoms with van der Waals surface area (Å²) < 4.78 is 6.84. The lowest BCUT2D eigenvalue weighted by Crippen LogP contribution is -2.39. The maximum Gasteiger partial charge on any atom is 0.354 e. The number of carbonyl (C=O) groups excluding carboxylic acids is 2. The zero-order valence-corrected chi connectivity index (χ0v) is 16.1. The normalized spacial score (nSPS) is 17.2. The summed E-state index contributed by atoms with van der Waals surface area (Å²) in [4.78, 5) is 28.9. The fraction of sp³-hybridized carbons (Fsp3) is 0.364. The molecule has 1 amide bonds. The summed E-state index contributed by atoms with van der Waals surface area (Å²) in [6.07, 6.45) is 7.86. The molecule has 0 spiro atoms. The van der Waals surface area contributed by atoms with Gasteiger partial charge in [-0.05, 0) is 49.2 Å². The van der Waals surface area contributed by atoms with Gasteiger partial charge in [0.2, 0.25) is 0 Å². The number of piperidine rings is 1. The SMILES string of the molecule is COC(=O)c1cccn1C1CCN(C(=O)c2ccc(N3CC=CC3)cc2)CC1. The van der Waals surface area contributed by atoms with Crippen LogP contribution < -0.4 is 4.90 Å². The molecule has 0 unspecified atom stereocenters. The number of hydrogen-bond acceptors (Lipinski definition) is 4. The minimum Gasteiger partial charge on any atom is -0.464 e. The van der Waals surface area contributed by atoms with Crippen molar-refractivity contribution in [2.24, 2.45) is 0 Å². The molecule has 1 saturated heterocycles.